The Labute approximate surface area is 573 Å². The second-order valence-corrected chi connectivity index (χ2v) is 30.5. The summed E-state index contributed by atoms with van der Waals surface area (Å²) in [5.74, 6) is 0.111. The van der Waals surface area contributed by atoms with E-state index in [0.29, 0.717) is 31.6 Å². The molecule has 0 aromatic heterocycles. The van der Waals surface area contributed by atoms with Gasteiger partial charge in [-0.05, 0) is 69.1 Å². The lowest BCUT2D eigenvalue weighted by molar-refractivity contribution is -0.161. The maximum Gasteiger partial charge on any atom is 0.472 e. The molecule has 94 heavy (non-hydrogen) atoms. The van der Waals surface area contributed by atoms with Crippen LogP contribution in [0.4, 0.5) is 0 Å². The van der Waals surface area contributed by atoms with Crippen LogP contribution in [-0.4, -0.2) is 96.7 Å². The van der Waals surface area contributed by atoms with Gasteiger partial charge in [-0.25, -0.2) is 9.13 Å². The van der Waals surface area contributed by atoms with Gasteiger partial charge >= 0.3 is 39.5 Å². The zero-order valence-corrected chi connectivity index (χ0v) is 62.7. The third kappa shape index (κ3) is 66.8. The molecule has 0 aliphatic rings. The van der Waals surface area contributed by atoms with Crippen LogP contribution in [-0.2, 0) is 65.4 Å². The van der Waals surface area contributed by atoms with Crippen LogP contribution in [0.1, 0.15) is 357 Å². The molecule has 0 radical (unpaired) electrons. The predicted octanol–water partition coefficient (Wildman–Crippen LogP) is 21.3. The Hall–Kier alpha value is -2.46. The molecule has 0 saturated heterocycles. The van der Waals surface area contributed by atoms with Crippen LogP contribution in [0.5, 0.6) is 0 Å². The molecule has 0 aromatic carbocycles. The molecule has 4 unspecified atom stereocenters. The van der Waals surface area contributed by atoms with E-state index < -0.39 is 97.5 Å². The average Bonchev–Trinajstić information content (AvgIpc) is 1.29. The fourth-order valence-electron chi connectivity index (χ4n) is 10.9. The maximum atomic E-state index is 13.0. The number of phosphoric ester groups is 2. The Bertz CT molecular complexity index is 1930. The van der Waals surface area contributed by atoms with Crippen LogP contribution in [0.3, 0.4) is 0 Å². The highest BCUT2D eigenvalue weighted by atomic mass is 31.2. The summed E-state index contributed by atoms with van der Waals surface area (Å²) in [5, 5.41) is 10.6. The summed E-state index contributed by atoms with van der Waals surface area (Å²) in [7, 11) is -9.92. The number of carbonyl (C=O) groups is 4. The molecule has 554 valence electrons. The van der Waals surface area contributed by atoms with Gasteiger partial charge in [0.25, 0.3) is 0 Å². The first-order chi connectivity index (χ1) is 45.3. The second-order valence-electron chi connectivity index (χ2n) is 27.5. The quantitative estimate of drug-likeness (QED) is 0.0169. The Morgan fingerprint density at radius 2 is 0.628 bits per heavy atom. The zero-order valence-electron chi connectivity index (χ0n) is 60.9. The molecule has 0 saturated carbocycles. The minimum atomic E-state index is -4.96. The molecule has 0 rings (SSSR count). The van der Waals surface area contributed by atoms with E-state index >= 15 is 0 Å². The summed E-state index contributed by atoms with van der Waals surface area (Å²) >= 11 is 0. The molecule has 0 spiro atoms. The Kier molecular flexibility index (Phi) is 63.5. The summed E-state index contributed by atoms with van der Waals surface area (Å²) in [5.41, 5.74) is 0. The number of allylic oxidation sites excluding steroid dienone is 4. The van der Waals surface area contributed by atoms with Crippen molar-refractivity contribution in [3.63, 3.8) is 0 Å². The first-order valence-electron chi connectivity index (χ1n) is 38.2. The van der Waals surface area contributed by atoms with Gasteiger partial charge < -0.3 is 33.8 Å². The third-order valence-electron chi connectivity index (χ3n) is 17.1. The van der Waals surface area contributed by atoms with Crippen molar-refractivity contribution in [3.05, 3.63) is 24.3 Å². The van der Waals surface area contributed by atoms with Gasteiger partial charge in [-0.3, -0.25) is 37.3 Å². The van der Waals surface area contributed by atoms with Crippen molar-refractivity contribution >= 4 is 39.5 Å². The van der Waals surface area contributed by atoms with E-state index in [2.05, 4.69) is 72.8 Å². The van der Waals surface area contributed by atoms with Gasteiger partial charge in [0.15, 0.2) is 12.2 Å². The van der Waals surface area contributed by atoms with E-state index in [1.165, 1.54) is 141 Å². The van der Waals surface area contributed by atoms with Gasteiger partial charge in [0.05, 0.1) is 26.4 Å². The van der Waals surface area contributed by atoms with Gasteiger partial charge in [0, 0.05) is 25.7 Å². The van der Waals surface area contributed by atoms with Crippen molar-refractivity contribution in [1.29, 1.82) is 0 Å². The Morgan fingerprint density at radius 3 is 0.947 bits per heavy atom. The smallest absolute Gasteiger partial charge is 0.462 e. The minimum Gasteiger partial charge on any atom is -0.462 e. The van der Waals surface area contributed by atoms with Crippen molar-refractivity contribution in [1.82, 2.24) is 0 Å². The van der Waals surface area contributed by atoms with Crippen molar-refractivity contribution in [3.8, 4) is 0 Å². The highest BCUT2D eigenvalue weighted by molar-refractivity contribution is 7.47. The molecule has 19 heteroatoms. The molecule has 0 aliphatic heterocycles. The van der Waals surface area contributed by atoms with E-state index in [4.69, 9.17) is 37.0 Å². The number of hydrogen-bond donors (Lipinski definition) is 3. The summed E-state index contributed by atoms with van der Waals surface area (Å²) in [6.07, 6.45) is 53.6. The number of esters is 4. The number of carbonyl (C=O) groups excluding carboxylic acids is 4. The van der Waals surface area contributed by atoms with Crippen LogP contribution >= 0.6 is 15.6 Å². The lowest BCUT2D eigenvalue weighted by Gasteiger charge is -2.21. The molecule has 6 atom stereocenters. The summed E-state index contributed by atoms with van der Waals surface area (Å²) in [6.45, 7) is 11.8. The monoisotopic (exact) mass is 1380 g/mol. The number of phosphoric acid groups is 2. The van der Waals surface area contributed by atoms with Crippen molar-refractivity contribution in [2.75, 3.05) is 39.6 Å². The highest BCUT2D eigenvalue weighted by Gasteiger charge is 2.30. The van der Waals surface area contributed by atoms with Gasteiger partial charge in [-0.2, -0.15) is 0 Å². The lowest BCUT2D eigenvalue weighted by atomic mass is 9.99. The molecule has 0 aromatic rings. The fraction of sp³-hybridized carbons (Fsp3) is 0.893. The molecule has 3 N–H and O–H groups in total. The van der Waals surface area contributed by atoms with E-state index in [-0.39, 0.29) is 25.7 Å². The van der Waals surface area contributed by atoms with Crippen LogP contribution in [0.15, 0.2) is 24.3 Å². The summed E-state index contributed by atoms with van der Waals surface area (Å²) in [4.78, 5) is 72.7. The Morgan fingerprint density at radius 1 is 0.351 bits per heavy atom. The SMILES string of the molecule is CCCCCC/C=C\C=C/CCCCCCCC(=O)OC[C@H](COP(=O)(O)OCC(O)COP(=O)(O)OC[C@@H](COC(=O)CCCCCCCCCC(C)C)OC(=O)CCCCCCCCCCCCCCCCC(C)C)OC(=O)CCCCCCCCCCC(C)CC. The molecule has 0 aliphatic carbocycles. The van der Waals surface area contributed by atoms with Crippen LogP contribution in [0, 0.1) is 17.8 Å². The summed E-state index contributed by atoms with van der Waals surface area (Å²) in [6, 6.07) is 0. The number of unbranched alkanes of at least 4 members (excludes halogenated alkanes) is 35. The largest absolute Gasteiger partial charge is 0.472 e. The molecule has 0 heterocycles. The summed E-state index contributed by atoms with van der Waals surface area (Å²) < 4.78 is 68.4. The number of hydrogen-bond acceptors (Lipinski definition) is 15. The first-order valence-corrected chi connectivity index (χ1v) is 41.2. The average molecular weight is 1380 g/mol. The van der Waals surface area contributed by atoms with Crippen molar-refractivity contribution in [2.24, 2.45) is 17.8 Å². The lowest BCUT2D eigenvalue weighted by Crippen LogP contribution is -2.30. The minimum absolute atomic E-state index is 0.0978. The van der Waals surface area contributed by atoms with E-state index in [0.717, 1.165) is 127 Å². The van der Waals surface area contributed by atoms with Gasteiger partial charge in [0.2, 0.25) is 0 Å². The van der Waals surface area contributed by atoms with Gasteiger partial charge in [-0.15, -0.1) is 0 Å². The van der Waals surface area contributed by atoms with E-state index in [9.17, 15) is 43.2 Å². The standard InChI is InChI=1S/C75H142O17P2/c1-8-10-11-12-13-14-15-16-17-21-24-27-35-42-49-56-72(77)85-62-70(92-75(80)59-52-45-37-30-29-34-41-48-55-68(7)9-2)64-89-93(81,82)87-60-69(76)61-88-94(83,84)90-65-71(63-86-73(78)57-50-43-38-31-33-40-47-54-67(5)6)91-74(79)58-51-44-36-28-25-22-19-18-20-23-26-32-39-46-53-66(3)4/h14-17,66-71,76H,8-13,18-65H2,1-7H3,(H,81,82)(H,83,84)/b15-14-,17-16-/t68?,69?,70-,71-/m1/s1. The molecule has 0 bridgehead atoms. The first kappa shape index (κ1) is 91.5. The van der Waals surface area contributed by atoms with Crippen molar-refractivity contribution < 1.29 is 80.2 Å². The topological polar surface area (TPSA) is 237 Å². The number of rotatable bonds is 71. The fourth-order valence-corrected chi connectivity index (χ4v) is 12.4. The third-order valence-corrected chi connectivity index (χ3v) is 19.0. The van der Waals surface area contributed by atoms with E-state index in [1.807, 2.05) is 0 Å². The van der Waals surface area contributed by atoms with Crippen LogP contribution < -0.4 is 0 Å². The van der Waals surface area contributed by atoms with Crippen molar-refractivity contribution in [2.45, 2.75) is 375 Å². The Balaban J connectivity index is 5.27. The predicted molar refractivity (Wildman–Crippen MR) is 381 cm³/mol. The van der Waals surface area contributed by atoms with Crippen LogP contribution in [0.2, 0.25) is 0 Å². The number of aliphatic hydroxyl groups is 1. The zero-order chi connectivity index (χ0) is 69.4. The second kappa shape index (κ2) is 65.2. The van der Waals surface area contributed by atoms with E-state index in [1.54, 1.807) is 0 Å². The molecular weight excluding hydrogens is 1230 g/mol. The van der Waals surface area contributed by atoms with Crippen LogP contribution in [0.25, 0.3) is 0 Å². The molecule has 0 amide bonds. The molecule has 0 fully saturated rings. The van der Waals surface area contributed by atoms with Gasteiger partial charge in [0.1, 0.15) is 19.3 Å². The molecular formula is C75H142O17P2. The maximum absolute atomic E-state index is 13.0. The highest BCUT2D eigenvalue weighted by Crippen LogP contribution is 2.45. The number of aliphatic hydroxyl groups excluding tert-OH is 1. The van der Waals surface area contributed by atoms with Gasteiger partial charge in [-0.1, -0.05) is 304 Å². The number of ether oxygens (including phenoxy) is 4. The normalized spacial score (nSPS) is 14.6. The molecule has 17 nitrogen and oxygen atoms in total.